The highest BCUT2D eigenvalue weighted by Gasteiger charge is 2.27. The molecule has 2 saturated heterocycles. The van der Waals surface area contributed by atoms with Gasteiger partial charge >= 0.3 is 0 Å². The lowest BCUT2D eigenvalue weighted by Gasteiger charge is -2.36. The molecule has 0 spiro atoms. The molecule has 1 amide bonds. The Morgan fingerprint density at radius 2 is 2.30 bits per heavy atom. The molecule has 2 aliphatic heterocycles. The average Bonchev–Trinajstić information content (AvgIpc) is 2.63. The van der Waals surface area contributed by atoms with Crippen LogP contribution in [0.15, 0.2) is 24.5 Å². The Morgan fingerprint density at radius 3 is 3.09 bits per heavy atom. The minimum absolute atomic E-state index is 0.0630. The molecule has 3 heterocycles. The first kappa shape index (κ1) is 16.4. The normalized spacial score (nSPS) is 23.0. The largest absolute Gasteiger partial charge is 0.381 e. The fourth-order valence-corrected chi connectivity index (χ4v) is 3.17. The van der Waals surface area contributed by atoms with E-state index in [-0.39, 0.29) is 18.1 Å². The average molecular weight is 319 g/mol. The quantitative estimate of drug-likeness (QED) is 0.882. The number of pyridine rings is 1. The minimum atomic E-state index is 0.0630. The topological polar surface area (TPSA) is 63.7 Å². The van der Waals surface area contributed by atoms with Gasteiger partial charge in [0.25, 0.3) is 0 Å². The molecule has 2 aliphatic rings. The van der Waals surface area contributed by atoms with Gasteiger partial charge in [0.2, 0.25) is 5.91 Å². The molecule has 0 radical (unpaired) electrons. The third-order valence-corrected chi connectivity index (χ3v) is 4.47. The van der Waals surface area contributed by atoms with Crippen LogP contribution < -0.4 is 5.32 Å². The maximum Gasteiger partial charge on any atom is 0.225 e. The zero-order chi connectivity index (χ0) is 15.9. The van der Waals surface area contributed by atoms with Crippen molar-refractivity contribution < 1.29 is 14.3 Å². The number of nitrogens with zero attached hydrogens (tertiary/aromatic N) is 2. The molecule has 1 atom stereocenters. The van der Waals surface area contributed by atoms with Crippen LogP contribution in [0.3, 0.4) is 0 Å². The van der Waals surface area contributed by atoms with Gasteiger partial charge in [0.05, 0.1) is 25.2 Å². The second-order valence-electron chi connectivity index (χ2n) is 6.03. The van der Waals surface area contributed by atoms with Gasteiger partial charge in [-0.25, -0.2) is 0 Å². The number of hydrogen-bond acceptors (Lipinski definition) is 5. The first-order valence-corrected chi connectivity index (χ1v) is 8.44. The van der Waals surface area contributed by atoms with Crippen molar-refractivity contribution in [3.05, 3.63) is 30.1 Å². The molecule has 3 rings (SSSR count). The highest BCUT2D eigenvalue weighted by Crippen LogP contribution is 2.22. The molecule has 23 heavy (non-hydrogen) atoms. The molecule has 6 nitrogen and oxygen atoms in total. The molecule has 0 aromatic carbocycles. The number of nitrogens with one attached hydrogen (secondary N) is 1. The van der Waals surface area contributed by atoms with Crippen molar-refractivity contribution in [3.63, 3.8) is 0 Å². The van der Waals surface area contributed by atoms with Crippen LogP contribution in [0.5, 0.6) is 0 Å². The molecule has 1 aromatic heterocycles. The van der Waals surface area contributed by atoms with E-state index in [0.717, 1.165) is 51.3 Å². The van der Waals surface area contributed by atoms with Crippen LogP contribution in [-0.4, -0.2) is 61.3 Å². The van der Waals surface area contributed by atoms with Crippen molar-refractivity contribution in [1.82, 2.24) is 15.2 Å². The summed E-state index contributed by atoms with van der Waals surface area (Å²) in [7, 11) is 0. The van der Waals surface area contributed by atoms with Gasteiger partial charge in [-0.15, -0.1) is 0 Å². The second kappa shape index (κ2) is 8.38. The van der Waals surface area contributed by atoms with Gasteiger partial charge in [-0.3, -0.25) is 9.78 Å². The summed E-state index contributed by atoms with van der Waals surface area (Å²) in [6.07, 6.45) is 6.15. The predicted molar refractivity (Wildman–Crippen MR) is 86.0 cm³/mol. The zero-order valence-electron chi connectivity index (χ0n) is 13.4. The van der Waals surface area contributed by atoms with Gasteiger partial charge in [0, 0.05) is 45.2 Å². The van der Waals surface area contributed by atoms with E-state index in [4.69, 9.17) is 9.47 Å². The maximum atomic E-state index is 12.6. The first-order valence-electron chi connectivity index (χ1n) is 8.44. The van der Waals surface area contributed by atoms with E-state index in [1.165, 1.54) is 0 Å². The predicted octanol–water partition coefficient (Wildman–Crippen LogP) is 1.14. The molecule has 2 fully saturated rings. The summed E-state index contributed by atoms with van der Waals surface area (Å²) in [4.78, 5) is 18.7. The lowest BCUT2D eigenvalue weighted by Crippen LogP contribution is -2.49. The zero-order valence-corrected chi connectivity index (χ0v) is 13.4. The number of amides is 1. The Balaban J connectivity index is 1.52. The number of aromatic nitrogens is 1. The van der Waals surface area contributed by atoms with E-state index >= 15 is 0 Å². The Kier molecular flexibility index (Phi) is 5.96. The molecular formula is C17H25N3O3. The summed E-state index contributed by atoms with van der Waals surface area (Å²) < 4.78 is 11.1. The van der Waals surface area contributed by atoms with E-state index in [2.05, 4.69) is 10.3 Å². The number of rotatable bonds is 5. The van der Waals surface area contributed by atoms with Gasteiger partial charge in [-0.1, -0.05) is 6.07 Å². The summed E-state index contributed by atoms with van der Waals surface area (Å²) in [5, 5.41) is 3.36. The summed E-state index contributed by atoms with van der Waals surface area (Å²) in [6.45, 7) is 4.36. The molecule has 0 aliphatic carbocycles. The van der Waals surface area contributed by atoms with Crippen molar-refractivity contribution >= 4 is 5.91 Å². The number of carbonyl (C=O) groups excluding carboxylic acids is 1. The Labute approximate surface area is 137 Å². The number of piperazine rings is 1. The van der Waals surface area contributed by atoms with Crippen LogP contribution in [0.25, 0.3) is 0 Å². The van der Waals surface area contributed by atoms with E-state index in [1.807, 2.05) is 23.2 Å². The molecular weight excluding hydrogens is 294 g/mol. The summed E-state index contributed by atoms with van der Waals surface area (Å²) in [5.74, 6) is 0.160. The summed E-state index contributed by atoms with van der Waals surface area (Å²) in [5.41, 5.74) is 1.08. The smallest absolute Gasteiger partial charge is 0.225 e. The van der Waals surface area contributed by atoms with Crippen LogP contribution in [0.2, 0.25) is 0 Å². The van der Waals surface area contributed by atoms with Gasteiger partial charge in [-0.2, -0.15) is 0 Å². The molecule has 1 aromatic rings. The van der Waals surface area contributed by atoms with Gasteiger partial charge in [0.15, 0.2) is 0 Å². The Bertz CT molecular complexity index is 491. The van der Waals surface area contributed by atoms with Crippen molar-refractivity contribution in [2.24, 2.45) is 0 Å². The third kappa shape index (κ3) is 4.50. The van der Waals surface area contributed by atoms with Crippen molar-refractivity contribution in [3.8, 4) is 0 Å². The molecule has 126 valence electrons. The maximum absolute atomic E-state index is 12.6. The second-order valence-corrected chi connectivity index (χ2v) is 6.03. The molecule has 6 heteroatoms. The minimum Gasteiger partial charge on any atom is -0.381 e. The fraction of sp³-hybridized carbons (Fsp3) is 0.647. The van der Waals surface area contributed by atoms with Gasteiger partial charge < -0.3 is 19.7 Å². The van der Waals surface area contributed by atoms with Crippen molar-refractivity contribution in [2.75, 3.05) is 39.5 Å². The Hall–Kier alpha value is -1.50. The molecule has 1 unspecified atom stereocenters. The van der Waals surface area contributed by atoms with E-state index < -0.39 is 0 Å². The van der Waals surface area contributed by atoms with Gasteiger partial charge in [0.1, 0.15) is 0 Å². The lowest BCUT2D eigenvalue weighted by atomic mass is 10.0. The fourth-order valence-electron chi connectivity index (χ4n) is 3.17. The number of ether oxygens (including phenoxy) is 2. The highest BCUT2D eigenvalue weighted by atomic mass is 16.5. The van der Waals surface area contributed by atoms with Crippen LogP contribution >= 0.6 is 0 Å². The number of carbonyl (C=O) groups is 1. The Morgan fingerprint density at radius 1 is 1.43 bits per heavy atom. The first-order chi connectivity index (χ1) is 11.3. The van der Waals surface area contributed by atoms with Gasteiger partial charge in [-0.05, 0) is 24.5 Å². The molecule has 1 N–H and O–H groups in total. The standard InChI is InChI=1S/C17H25N3O3/c21-17(5-11-23-15-3-9-22-10-4-15)20-8-7-19-13-16(20)14-2-1-6-18-12-14/h1-2,6,12,15-16,19H,3-5,7-11,13H2. The van der Waals surface area contributed by atoms with Crippen molar-refractivity contribution in [2.45, 2.75) is 31.4 Å². The van der Waals surface area contributed by atoms with Crippen LogP contribution in [0.1, 0.15) is 30.9 Å². The third-order valence-electron chi connectivity index (χ3n) is 4.47. The van der Waals surface area contributed by atoms with E-state index in [9.17, 15) is 4.79 Å². The monoisotopic (exact) mass is 319 g/mol. The van der Waals surface area contributed by atoms with E-state index in [0.29, 0.717) is 13.0 Å². The van der Waals surface area contributed by atoms with Crippen molar-refractivity contribution in [1.29, 1.82) is 0 Å². The molecule has 0 bridgehead atoms. The molecule has 0 saturated carbocycles. The highest BCUT2D eigenvalue weighted by molar-refractivity contribution is 5.77. The van der Waals surface area contributed by atoms with Crippen LogP contribution in [0, 0.1) is 0 Å². The van der Waals surface area contributed by atoms with Crippen LogP contribution in [0.4, 0.5) is 0 Å². The lowest BCUT2D eigenvalue weighted by molar-refractivity contribution is -0.136. The van der Waals surface area contributed by atoms with Crippen LogP contribution in [-0.2, 0) is 14.3 Å². The SMILES string of the molecule is O=C(CCOC1CCOCC1)N1CCNCC1c1cccnc1. The number of hydrogen-bond donors (Lipinski definition) is 1. The summed E-state index contributed by atoms with van der Waals surface area (Å²) in [6, 6.07) is 4.01. The van der Waals surface area contributed by atoms with E-state index in [1.54, 1.807) is 6.20 Å². The summed E-state index contributed by atoms with van der Waals surface area (Å²) >= 11 is 0.